The van der Waals surface area contributed by atoms with E-state index in [2.05, 4.69) is 37.7 Å². The number of hydrogen-bond donors (Lipinski definition) is 0. The molecule has 0 unspecified atom stereocenters. The van der Waals surface area contributed by atoms with Crippen molar-refractivity contribution in [1.82, 2.24) is 0 Å². The second-order valence-corrected chi connectivity index (χ2v) is 4.32. The Morgan fingerprint density at radius 1 is 1.20 bits per heavy atom. The van der Waals surface area contributed by atoms with Crippen LogP contribution in [-0.2, 0) is 15.2 Å². The highest BCUT2D eigenvalue weighted by Gasteiger charge is 2.14. The molecule has 1 radical (unpaired) electrons. The summed E-state index contributed by atoms with van der Waals surface area (Å²) in [7, 11) is 2.96. The van der Waals surface area contributed by atoms with E-state index in [0.29, 0.717) is 5.56 Å². The first-order valence-corrected chi connectivity index (χ1v) is 4.68. The van der Waals surface area contributed by atoms with Crippen molar-refractivity contribution in [2.45, 2.75) is 26.2 Å². The van der Waals surface area contributed by atoms with Crippen LogP contribution in [0, 0.1) is 7.11 Å². The summed E-state index contributed by atoms with van der Waals surface area (Å²) < 4.78 is 0. The number of benzene rings is 1. The Bertz CT molecular complexity index is 333. The van der Waals surface area contributed by atoms with Crippen molar-refractivity contribution in [3.63, 3.8) is 0 Å². The smallest absolute Gasteiger partial charge is 0.293 e. The average Bonchev–Trinajstić information content (AvgIpc) is 2.17. The molecule has 0 saturated heterocycles. The Morgan fingerprint density at radius 2 is 1.73 bits per heavy atom. The minimum atomic E-state index is -0.537. The number of hydrogen-bond acceptors (Lipinski definition) is 3. The maximum Gasteiger partial charge on any atom is 0.373 e. The fourth-order valence-corrected chi connectivity index (χ4v) is 1.21. The predicted molar refractivity (Wildman–Crippen MR) is 57.0 cm³/mol. The van der Waals surface area contributed by atoms with E-state index in [1.165, 1.54) is 0 Å². The van der Waals surface area contributed by atoms with Gasteiger partial charge in [0.1, 0.15) is 7.11 Å². The van der Waals surface area contributed by atoms with Crippen LogP contribution in [0.5, 0.6) is 0 Å². The van der Waals surface area contributed by atoms with Gasteiger partial charge in [-0.1, -0.05) is 32.9 Å². The zero-order valence-corrected chi connectivity index (χ0v) is 9.24. The lowest BCUT2D eigenvalue weighted by molar-refractivity contribution is -0.195. The van der Waals surface area contributed by atoms with Crippen molar-refractivity contribution in [2.75, 3.05) is 0 Å². The normalized spacial score (nSPS) is 11.2. The molecule has 0 aliphatic heterocycles. The van der Waals surface area contributed by atoms with Crippen LogP contribution in [0.3, 0.4) is 0 Å². The molecule has 0 aromatic heterocycles. The molecule has 1 aromatic carbocycles. The van der Waals surface area contributed by atoms with Crippen LogP contribution in [0.1, 0.15) is 36.7 Å². The quantitative estimate of drug-likeness (QED) is 0.552. The fraction of sp³-hybridized carbons (Fsp3) is 0.333. The van der Waals surface area contributed by atoms with Gasteiger partial charge in [-0.25, -0.2) is 4.79 Å². The maximum absolute atomic E-state index is 11.2. The number of carbonyl (C=O) groups excluding carboxylic acids is 1. The van der Waals surface area contributed by atoms with Gasteiger partial charge in [-0.2, -0.15) is 4.89 Å². The molecule has 0 heterocycles. The summed E-state index contributed by atoms with van der Waals surface area (Å²) in [6.07, 6.45) is 0. The van der Waals surface area contributed by atoms with E-state index in [1.54, 1.807) is 12.1 Å². The van der Waals surface area contributed by atoms with Gasteiger partial charge in [0.15, 0.2) is 0 Å². The largest absolute Gasteiger partial charge is 0.373 e. The molecule has 1 aromatic rings. The third-order valence-electron chi connectivity index (χ3n) is 2.12. The first-order valence-electron chi connectivity index (χ1n) is 4.68. The fourth-order valence-electron chi connectivity index (χ4n) is 1.21. The van der Waals surface area contributed by atoms with Gasteiger partial charge in [-0.05, 0) is 23.1 Å². The molecule has 0 N–H and O–H groups in total. The van der Waals surface area contributed by atoms with Gasteiger partial charge in [-0.15, -0.1) is 0 Å². The molecule has 0 amide bonds. The predicted octanol–water partition coefficient (Wildman–Crippen LogP) is 2.86. The van der Waals surface area contributed by atoms with Crippen LogP contribution in [0.2, 0.25) is 0 Å². The Labute approximate surface area is 89.9 Å². The van der Waals surface area contributed by atoms with Crippen molar-refractivity contribution in [1.29, 1.82) is 0 Å². The zero-order chi connectivity index (χ0) is 11.5. The maximum atomic E-state index is 11.2. The molecule has 0 aliphatic carbocycles. The van der Waals surface area contributed by atoms with Crippen LogP contribution in [-0.4, -0.2) is 5.97 Å². The second kappa shape index (κ2) is 4.45. The van der Waals surface area contributed by atoms with Gasteiger partial charge in [0.25, 0.3) is 0 Å². The monoisotopic (exact) mass is 207 g/mol. The topological polar surface area (TPSA) is 35.5 Å². The van der Waals surface area contributed by atoms with E-state index in [9.17, 15) is 4.79 Å². The Kier molecular flexibility index (Phi) is 3.48. The lowest BCUT2D eigenvalue weighted by Gasteiger charge is -2.18. The minimum Gasteiger partial charge on any atom is -0.293 e. The van der Waals surface area contributed by atoms with Crippen molar-refractivity contribution >= 4 is 5.97 Å². The van der Waals surface area contributed by atoms with Gasteiger partial charge in [0.2, 0.25) is 0 Å². The van der Waals surface area contributed by atoms with E-state index in [0.717, 1.165) is 5.56 Å². The van der Waals surface area contributed by atoms with Crippen LogP contribution >= 0.6 is 0 Å². The van der Waals surface area contributed by atoms with E-state index < -0.39 is 5.97 Å². The Balaban J connectivity index is 2.86. The zero-order valence-electron chi connectivity index (χ0n) is 9.24. The third-order valence-corrected chi connectivity index (χ3v) is 2.12. The van der Waals surface area contributed by atoms with Crippen LogP contribution < -0.4 is 0 Å². The van der Waals surface area contributed by atoms with Gasteiger partial charge in [-0.3, -0.25) is 4.89 Å². The molecule has 1 rings (SSSR count). The molecule has 15 heavy (non-hydrogen) atoms. The summed E-state index contributed by atoms with van der Waals surface area (Å²) in [5.41, 5.74) is 1.69. The van der Waals surface area contributed by atoms with Crippen LogP contribution in [0.15, 0.2) is 24.3 Å². The summed E-state index contributed by atoms with van der Waals surface area (Å²) in [6.45, 7) is 6.33. The van der Waals surface area contributed by atoms with Gasteiger partial charge in [0.05, 0.1) is 5.56 Å². The summed E-state index contributed by atoms with van der Waals surface area (Å²) in [6, 6.07) is 7.23. The average molecular weight is 207 g/mol. The van der Waals surface area contributed by atoms with Gasteiger partial charge < -0.3 is 0 Å². The minimum absolute atomic E-state index is 0.0746. The molecular formula is C12H15O3. The van der Waals surface area contributed by atoms with E-state index in [-0.39, 0.29) is 5.41 Å². The lowest BCUT2D eigenvalue weighted by atomic mass is 9.87. The number of rotatable bonds is 2. The first-order chi connectivity index (χ1) is 6.95. The van der Waals surface area contributed by atoms with E-state index in [1.807, 2.05) is 12.1 Å². The van der Waals surface area contributed by atoms with Crippen molar-refractivity contribution in [3.8, 4) is 0 Å². The molecule has 0 aliphatic rings. The van der Waals surface area contributed by atoms with E-state index in [4.69, 9.17) is 0 Å². The van der Waals surface area contributed by atoms with Crippen molar-refractivity contribution in [3.05, 3.63) is 42.5 Å². The molecule has 0 saturated carbocycles. The molecule has 0 spiro atoms. The summed E-state index contributed by atoms with van der Waals surface area (Å²) in [5.74, 6) is -0.537. The highest BCUT2D eigenvalue weighted by atomic mass is 17.2. The van der Waals surface area contributed by atoms with E-state index >= 15 is 0 Å². The highest BCUT2D eigenvalue weighted by molar-refractivity contribution is 5.88. The molecule has 0 fully saturated rings. The molecule has 81 valence electrons. The number of carbonyl (C=O) groups is 1. The highest BCUT2D eigenvalue weighted by Crippen LogP contribution is 2.22. The lowest BCUT2D eigenvalue weighted by Crippen LogP contribution is -2.11. The van der Waals surface area contributed by atoms with Crippen LogP contribution in [0.25, 0.3) is 0 Å². The molecule has 3 nitrogen and oxygen atoms in total. The standard InChI is InChI=1S/C12H15O3/c1-12(2,3)10-7-5-9(6-8-10)11(13)15-14-4/h5-8H,4H2,1-3H3. The molecule has 0 bridgehead atoms. The molecule has 3 heteroatoms. The summed E-state index contributed by atoms with van der Waals surface area (Å²) >= 11 is 0. The van der Waals surface area contributed by atoms with Gasteiger partial charge in [0, 0.05) is 0 Å². The van der Waals surface area contributed by atoms with Crippen molar-refractivity contribution in [2.24, 2.45) is 0 Å². The summed E-state index contributed by atoms with van der Waals surface area (Å²) in [5, 5.41) is 0. The second-order valence-electron chi connectivity index (χ2n) is 4.32. The Hall–Kier alpha value is -1.35. The van der Waals surface area contributed by atoms with Crippen molar-refractivity contribution < 1.29 is 14.6 Å². The first kappa shape index (κ1) is 11.7. The van der Waals surface area contributed by atoms with Crippen LogP contribution in [0.4, 0.5) is 0 Å². The summed E-state index contributed by atoms with van der Waals surface area (Å²) in [4.78, 5) is 19.6. The molecule has 0 atom stereocenters. The van der Waals surface area contributed by atoms with Gasteiger partial charge >= 0.3 is 5.97 Å². The third kappa shape index (κ3) is 3.06. The Morgan fingerprint density at radius 3 is 2.13 bits per heavy atom. The SMILES string of the molecule is [CH2]OOC(=O)c1ccc(C(C)(C)C)cc1. The molecular weight excluding hydrogens is 192 g/mol.